The fourth-order valence-electron chi connectivity index (χ4n) is 1.58. The van der Waals surface area contributed by atoms with E-state index in [1.165, 1.54) is 12.1 Å². The van der Waals surface area contributed by atoms with Crippen LogP contribution in [0.5, 0.6) is 0 Å². The van der Waals surface area contributed by atoms with Crippen LogP contribution in [-0.4, -0.2) is 0 Å². The molecule has 1 heterocycles. The maximum atomic E-state index is 13.4. The molecular formula is C13H13ClFNO. The van der Waals surface area contributed by atoms with E-state index in [-0.39, 0.29) is 5.82 Å². The molecule has 1 aromatic heterocycles. The van der Waals surface area contributed by atoms with Gasteiger partial charge in [-0.2, -0.15) is 0 Å². The second-order valence-corrected chi connectivity index (χ2v) is 4.29. The fourth-order valence-corrected chi connectivity index (χ4v) is 1.77. The third-order valence-electron chi connectivity index (χ3n) is 2.42. The van der Waals surface area contributed by atoms with Crippen molar-refractivity contribution in [3.05, 3.63) is 58.3 Å². The van der Waals surface area contributed by atoms with Crippen molar-refractivity contribution in [2.75, 3.05) is 0 Å². The highest BCUT2D eigenvalue weighted by atomic mass is 35.5. The molecule has 2 rings (SSSR count). The lowest BCUT2D eigenvalue weighted by atomic mass is 10.2. The van der Waals surface area contributed by atoms with Crippen LogP contribution in [0.4, 0.5) is 4.39 Å². The number of furan rings is 1. The summed E-state index contributed by atoms with van der Waals surface area (Å²) < 4.78 is 18.8. The summed E-state index contributed by atoms with van der Waals surface area (Å²) in [4.78, 5) is 0. The molecule has 0 aliphatic heterocycles. The van der Waals surface area contributed by atoms with E-state index in [1.807, 2.05) is 19.1 Å². The zero-order valence-corrected chi connectivity index (χ0v) is 10.2. The van der Waals surface area contributed by atoms with E-state index < -0.39 is 0 Å². The van der Waals surface area contributed by atoms with Gasteiger partial charge in [-0.1, -0.05) is 11.6 Å². The molecule has 2 nitrogen and oxygen atoms in total. The molecule has 0 radical (unpaired) electrons. The van der Waals surface area contributed by atoms with Crippen LogP contribution in [0.15, 0.2) is 34.7 Å². The summed E-state index contributed by atoms with van der Waals surface area (Å²) in [5.41, 5.74) is 0.556. The summed E-state index contributed by atoms with van der Waals surface area (Å²) in [6.07, 6.45) is 0. The number of nitrogens with one attached hydrogen (secondary N) is 1. The Balaban J connectivity index is 1.91. The highest BCUT2D eigenvalue weighted by molar-refractivity contribution is 6.30. The van der Waals surface area contributed by atoms with Gasteiger partial charge in [-0.25, -0.2) is 4.39 Å². The molecule has 90 valence electrons. The summed E-state index contributed by atoms with van der Waals surface area (Å²) in [6, 6.07) is 8.33. The summed E-state index contributed by atoms with van der Waals surface area (Å²) in [6.45, 7) is 2.88. The van der Waals surface area contributed by atoms with Crippen LogP contribution in [0.1, 0.15) is 17.1 Å². The van der Waals surface area contributed by atoms with Gasteiger partial charge in [0.2, 0.25) is 0 Å². The molecule has 0 unspecified atom stereocenters. The van der Waals surface area contributed by atoms with E-state index in [2.05, 4.69) is 5.32 Å². The second kappa shape index (κ2) is 5.34. The molecule has 1 aromatic carbocycles. The van der Waals surface area contributed by atoms with Gasteiger partial charge < -0.3 is 9.73 Å². The lowest BCUT2D eigenvalue weighted by molar-refractivity contribution is 0.459. The minimum atomic E-state index is -0.252. The highest BCUT2D eigenvalue weighted by Crippen LogP contribution is 2.15. The third-order valence-corrected chi connectivity index (χ3v) is 2.65. The minimum absolute atomic E-state index is 0.252. The van der Waals surface area contributed by atoms with Gasteiger partial charge >= 0.3 is 0 Å². The van der Waals surface area contributed by atoms with Crippen molar-refractivity contribution in [2.45, 2.75) is 20.0 Å². The van der Waals surface area contributed by atoms with Crippen molar-refractivity contribution >= 4 is 11.6 Å². The van der Waals surface area contributed by atoms with Crippen molar-refractivity contribution in [1.82, 2.24) is 5.32 Å². The van der Waals surface area contributed by atoms with E-state index in [9.17, 15) is 4.39 Å². The van der Waals surface area contributed by atoms with Crippen LogP contribution in [0.2, 0.25) is 5.02 Å². The molecule has 0 saturated carbocycles. The quantitative estimate of drug-likeness (QED) is 0.899. The summed E-state index contributed by atoms with van der Waals surface area (Å²) in [5.74, 6) is 1.46. The predicted molar refractivity (Wildman–Crippen MR) is 65.4 cm³/mol. The Morgan fingerprint density at radius 3 is 2.76 bits per heavy atom. The first-order valence-corrected chi connectivity index (χ1v) is 5.73. The van der Waals surface area contributed by atoms with Crippen molar-refractivity contribution in [1.29, 1.82) is 0 Å². The van der Waals surface area contributed by atoms with Crippen molar-refractivity contribution < 1.29 is 8.81 Å². The molecule has 0 aliphatic carbocycles. The van der Waals surface area contributed by atoms with Crippen LogP contribution in [-0.2, 0) is 13.1 Å². The van der Waals surface area contributed by atoms with E-state index in [1.54, 1.807) is 6.07 Å². The summed E-state index contributed by atoms with van der Waals surface area (Å²) >= 11 is 5.80. The average Bonchev–Trinajstić information content (AvgIpc) is 2.69. The normalized spacial score (nSPS) is 10.8. The molecular weight excluding hydrogens is 241 g/mol. The van der Waals surface area contributed by atoms with E-state index >= 15 is 0 Å². The van der Waals surface area contributed by atoms with Crippen LogP contribution in [0.3, 0.4) is 0 Å². The number of benzene rings is 1. The van der Waals surface area contributed by atoms with Crippen molar-refractivity contribution in [2.24, 2.45) is 0 Å². The fraction of sp³-hybridized carbons (Fsp3) is 0.231. The van der Waals surface area contributed by atoms with Gasteiger partial charge in [-0.3, -0.25) is 0 Å². The first-order valence-electron chi connectivity index (χ1n) is 5.35. The maximum Gasteiger partial charge on any atom is 0.127 e. The Labute approximate surface area is 104 Å². The Kier molecular flexibility index (Phi) is 3.82. The number of rotatable bonds is 4. The van der Waals surface area contributed by atoms with E-state index in [0.29, 0.717) is 23.7 Å². The van der Waals surface area contributed by atoms with E-state index in [4.69, 9.17) is 16.0 Å². The zero-order valence-electron chi connectivity index (χ0n) is 9.47. The molecule has 0 saturated heterocycles. The van der Waals surface area contributed by atoms with Crippen LogP contribution in [0, 0.1) is 12.7 Å². The smallest absolute Gasteiger partial charge is 0.127 e. The molecule has 0 fully saturated rings. The first kappa shape index (κ1) is 12.1. The van der Waals surface area contributed by atoms with Crippen LogP contribution in [0.25, 0.3) is 0 Å². The zero-order chi connectivity index (χ0) is 12.3. The molecule has 0 atom stereocenters. The lowest BCUT2D eigenvalue weighted by Gasteiger charge is -2.05. The molecule has 0 amide bonds. The SMILES string of the molecule is Cc1ccc(CNCc2cc(Cl)ccc2F)o1. The number of aryl methyl sites for hydroxylation is 1. The van der Waals surface area contributed by atoms with Gasteiger partial charge in [0, 0.05) is 17.1 Å². The van der Waals surface area contributed by atoms with Crippen LogP contribution >= 0.6 is 11.6 Å². The van der Waals surface area contributed by atoms with Gasteiger partial charge in [-0.15, -0.1) is 0 Å². The third kappa shape index (κ3) is 3.32. The Morgan fingerprint density at radius 2 is 2.06 bits per heavy atom. The molecule has 1 N–H and O–H groups in total. The van der Waals surface area contributed by atoms with Crippen molar-refractivity contribution in [3.8, 4) is 0 Å². The molecule has 0 spiro atoms. The van der Waals surface area contributed by atoms with Gasteiger partial charge in [-0.05, 0) is 37.3 Å². The van der Waals surface area contributed by atoms with Gasteiger partial charge in [0.15, 0.2) is 0 Å². The monoisotopic (exact) mass is 253 g/mol. The minimum Gasteiger partial charge on any atom is -0.465 e. The maximum absolute atomic E-state index is 13.4. The molecule has 2 aromatic rings. The average molecular weight is 254 g/mol. The number of hydrogen-bond donors (Lipinski definition) is 1. The molecule has 17 heavy (non-hydrogen) atoms. The number of halogens is 2. The van der Waals surface area contributed by atoms with Gasteiger partial charge in [0.25, 0.3) is 0 Å². The standard InChI is InChI=1S/C13H13ClFNO/c1-9-2-4-12(17-9)8-16-7-10-6-11(14)3-5-13(10)15/h2-6,16H,7-8H2,1H3. The number of hydrogen-bond acceptors (Lipinski definition) is 2. The summed E-state index contributed by atoms with van der Waals surface area (Å²) in [5, 5.41) is 3.65. The Hall–Kier alpha value is -1.32. The predicted octanol–water partition coefficient (Wildman–Crippen LogP) is 3.67. The topological polar surface area (TPSA) is 25.2 Å². The molecule has 4 heteroatoms. The summed E-state index contributed by atoms with van der Waals surface area (Å²) in [7, 11) is 0. The largest absolute Gasteiger partial charge is 0.465 e. The Bertz CT molecular complexity index is 510. The highest BCUT2D eigenvalue weighted by Gasteiger charge is 2.03. The Morgan fingerprint density at radius 1 is 1.24 bits per heavy atom. The van der Waals surface area contributed by atoms with Crippen LogP contribution < -0.4 is 5.32 Å². The van der Waals surface area contributed by atoms with E-state index in [0.717, 1.165) is 11.5 Å². The first-order chi connectivity index (χ1) is 8.15. The lowest BCUT2D eigenvalue weighted by Crippen LogP contribution is -2.13. The molecule has 0 bridgehead atoms. The molecule has 0 aliphatic rings. The van der Waals surface area contributed by atoms with Gasteiger partial charge in [0.1, 0.15) is 17.3 Å². The van der Waals surface area contributed by atoms with Gasteiger partial charge in [0.05, 0.1) is 6.54 Å². The van der Waals surface area contributed by atoms with Crippen molar-refractivity contribution in [3.63, 3.8) is 0 Å². The second-order valence-electron chi connectivity index (χ2n) is 3.85.